The van der Waals surface area contributed by atoms with E-state index in [1.54, 1.807) is 54.6 Å². The molecule has 3 N–H and O–H groups in total. The van der Waals surface area contributed by atoms with E-state index in [9.17, 15) is 14.7 Å². The van der Waals surface area contributed by atoms with Gasteiger partial charge in [-0.2, -0.15) is 0 Å². The first-order valence-corrected chi connectivity index (χ1v) is 8.85. The highest BCUT2D eigenvalue weighted by Crippen LogP contribution is 2.39. The topological polar surface area (TPSA) is 84.9 Å². The van der Waals surface area contributed by atoms with Gasteiger partial charge in [0, 0.05) is 17.8 Å². The molecule has 1 aliphatic rings. The third-order valence-corrected chi connectivity index (χ3v) is 4.47. The number of hydrogen-bond acceptors (Lipinski definition) is 4. The molecule has 3 amide bonds. The molecule has 27 heavy (non-hydrogen) atoms. The van der Waals surface area contributed by atoms with Crippen LogP contribution < -0.4 is 15.5 Å². The minimum Gasteiger partial charge on any atom is -0.359 e. The fourth-order valence-corrected chi connectivity index (χ4v) is 3.16. The molecule has 3 rings (SSSR count). The number of aliphatic hydroxyl groups is 1. The van der Waals surface area contributed by atoms with Crippen LogP contribution in [-0.2, 0) is 10.5 Å². The van der Waals surface area contributed by atoms with E-state index in [0.717, 1.165) is 17.9 Å². The van der Waals surface area contributed by atoms with Gasteiger partial charge in [0.15, 0.2) is 0 Å². The lowest BCUT2D eigenvalue weighted by Crippen LogP contribution is -2.62. The quantitative estimate of drug-likeness (QED) is 0.681. The molecule has 0 aliphatic carbocycles. The van der Waals surface area contributed by atoms with Crippen LogP contribution in [0.25, 0.3) is 0 Å². The number of fused-ring (bicyclic) bond motifs is 1. The molecule has 0 fully saturated rings. The van der Waals surface area contributed by atoms with E-state index in [0.29, 0.717) is 23.5 Å². The van der Waals surface area contributed by atoms with Crippen LogP contribution in [-0.4, -0.2) is 49.1 Å². The first-order valence-electron chi connectivity index (χ1n) is 8.85. The Morgan fingerprint density at radius 1 is 1.15 bits per heavy atom. The van der Waals surface area contributed by atoms with Gasteiger partial charge in [0.05, 0.1) is 5.69 Å². The van der Waals surface area contributed by atoms with Gasteiger partial charge in [-0.05, 0) is 45.3 Å². The van der Waals surface area contributed by atoms with Gasteiger partial charge in [0.2, 0.25) is 0 Å². The zero-order chi connectivity index (χ0) is 19.4. The fourth-order valence-electron chi connectivity index (χ4n) is 3.16. The maximum atomic E-state index is 13.1. The summed E-state index contributed by atoms with van der Waals surface area (Å²) in [5, 5.41) is 17.0. The molecule has 2 aromatic rings. The van der Waals surface area contributed by atoms with E-state index >= 15 is 0 Å². The van der Waals surface area contributed by atoms with Crippen LogP contribution in [0.4, 0.5) is 16.2 Å². The monoisotopic (exact) mass is 368 g/mol. The molecule has 0 saturated carbocycles. The van der Waals surface area contributed by atoms with Crippen molar-refractivity contribution in [1.29, 1.82) is 0 Å². The Kier molecular flexibility index (Phi) is 5.43. The van der Waals surface area contributed by atoms with Crippen LogP contribution in [0.2, 0.25) is 0 Å². The Labute approximate surface area is 158 Å². The van der Waals surface area contributed by atoms with Crippen LogP contribution in [0.15, 0.2) is 54.6 Å². The van der Waals surface area contributed by atoms with Crippen LogP contribution in [0.3, 0.4) is 0 Å². The number of amides is 3. The minimum atomic E-state index is -2.14. The zero-order valence-corrected chi connectivity index (χ0v) is 15.5. The van der Waals surface area contributed by atoms with E-state index < -0.39 is 17.7 Å². The number of carbonyl (C=O) groups is 2. The first-order chi connectivity index (χ1) is 12.9. The predicted molar refractivity (Wildman–Crippen MR) is 104 cm³/mol. The first kappa shape index (κ1) is 18.9. The van der Waals surface area contributed by atoms with Gasteiger partial charge in [-0.3, -0.25) is 9.69 Å². The summed E-state index contributed by atoms with van der Waals surface area (Å²) in [5.74, 6) is -0.632. The number of anilines is 2. The average molecular weight is 368 g/mol. The molecule has 1 heterocycles. The number of benzene rings is 2. The molecule has 1 aliphatic heterocycles. The van der Waals surface area contributed by atoms with Gasteiger partial charge in [-0.15, -0.1) is 0 Å². The lowest BCUT2D eigenvalue weighted by atomic mass is 9.95. The van der Waals surface area contributed by atoms with Crippen molar-refractivity contribution in [2.75, 3.05) is 37.4 Å². The van der Waals surface area contributed by atoms with Crippen LogP contribution in [0.1, 0.15) is 12.0 Å². The summed E-state index contributed by atoms with van der Waals surface area (Å²) in [5.41, 5.74) is -0.965. The molecule has 1 unspecified atom stereocenters. The van der Waals surface area contributed by atoms with Gasteiger partial charge >= 0.3 is 6.03 Å². The smallest absolute Gasteiger partial charge is 0.329 e. The summed E-state index contributed by atoms with van der Waals surface area (Å²) in [6.45, 7) is 1.20. The number of hydrogen-bond donors (Lipinski definition) is 3. The molecule has 2 aromatic carbocycles. The highest BCUT2D eigenvalue weighted by molar-refractivity contribution is 6.11. The van der Waals surface area contributed by atoms with Crippen molar-refractivity contribution in [3.05, 3.63) is 60.2 Å². The second kappa shape index (κ2) is 7.77. The Balaban J connectivity index is 1.97. The molecule has 0 spiro atoms. The number of carbonyl (C=O) groups excluding carboxylic acids is 2. The molecule has 142 valence electrons. The van der Waals surface area contributed by atoms with Gasteiger partial charge in [0.25, 0.3) is 11.6 Å². The van der Waals surface area contributed by atoms with E-state index in [-0.39, 0.29) is 0 Å². The third-order valence-electron chi connectivity index (χ3n) is 4.47. The maximum Gasteiger partial charge on any atom is 0.329 e. The van der Waals surface area contributed by atoms with Crippen molar-refractivity contribution in [2.45, 2.75) is 12.1 Å². The van der Waals surface area contributed by atoms with Crippen molar-refractivity contribution in [3.8, 4) is 0 Å². The summed E-state index contributed by atoms with van der Waals surface area (Å²) < 4.78 is 0. The van der Waals surface area contributed by atoms with Gasteiger partial charge in [0.1, 0.15) is 0 Å². The van der Waals surface area contributed by atoms with Crippen LogP contribution in [0.5, 0.6) is 0 Å². The molecule has 0 radical (unpaired) electrons. The van der Waals surface area contributed by atoms with E-state index in [4.69, 9.17) is 0 Å². The lowest BCUT2D eigenvalue weighted by Gasteiger charge is -2.42. The van der Waals surface area contributed by atoms with Crippen molar-refractivity contribution >= 4 is 23.3 Å². The van der Waals surface area contributed by atoms with E-state index in [1.807, 2.05) is 19.0 Å². The SMILES string of the molecule is CN(C)CCCNC(=O)C1(O)c2ccccc2NC(=O)N1c1ccccc1. The van der Waals surface area contributed by atoms with Crippen molar-refractivity contribution < 1.29 is 14.7 Å². The number of nitrogens with zero attached hydrogens (tertiary/aromatic N) is 2. The second-order valence-electron chi connectivity index (χ2n) is 6.73. The summed E-state index contributed by atoms with van der Waals surface area (Å²) in [6.07, 6.45) is 0.730. The predicted octanol–water partition coefficient (Wildman–Crippen LogP) is 1.95. The summed E-state index contributed by atoms with van der Waals surface area (Å²) in [7, 11) is 3.91. The molecule has 0 aromatic heterocycles. The van der Waals surface area contributed by atoms with E-state index in [1.165, 1.54) is 0 Å². The lowest BCUT2D eigenvalue weighted by molar-refractivity contribution is -0.140. The highest BCUT2D eigenvalue weighted by atomic mass is 16.3. The summed E-state index contributed by atoms with van der Waals surface area (Å²) in [4.78, 5) is 28.9. The normalized spacial score (nSPS) is 18.8. The van der Waals surface area contributed by atoms with Gasteiger partial charge < -0.3 is 20.6 Å². The maximum absolute atomic E-state index is 13.1. The molecule has 0 bridgehead atoms. The second-order valence-corrected chi connectivity index (χ2v) is 6.73. The number of rotatable bonds is 6. The Morgan fingerprint density at radius 2 is 1.81 bits per heavy atom. The molecular formula is C20H24N4O3. The Hall–Kier alpha value is -2.90. The number of urea groups is 1. The standard InChI is InChI=1S/C20H24N4O3/c1-23(2)14-8-13-21-18(25)20(27)16-11-6-7-12-17(16)22-19(26)24(20)15-9-4-3-5-10-15/h3-7,9-12,27H,8,13-14H2,1-2H3,(H,21,25)(H,22,26). The Bertz CT molecular complexity index is 825. The average Bonchev–Trinajstić information content (AvgIpc) is 2.65. The van der Waals surface area contributed by atoms with Crippen molar-refractivity contribution in [3.63, 3.8) is 0 Å². The Morgan fingerprint density at radius 3 is 2.52 bits per heavy atom. The van der Waals surface area contributed by atoms with Gasteiger partial charge in [-0.1, -0.05) is 36.4 Å². The van der Waals surface area contributed by atoms with Crippen LogP contribution >= 0.6 is 0 Å². The molecule has 1 atom stereocenters. The molecule has 7 heteroatoms. The van der Waals surface area contributed by atoms with Crippen molar-refractivity contribution in [2.24, 2.45) is 0 Å². The molecule has 7 nitrogen and oxygen atoms in total. The molecule has 0 saturated heterocycles. The van der Waals surface area contributed by atoms with Crippen molar-refractivity contribution in [1.82, 2.24) is 10.2 Å². The number of nitrogens with one attached hydrogen (secondary N) is 2. The van der Waals surface area contributed by atoms with Crippen LogP contribution in [0, 0.1) is 0 Å². The molecular weight excluding hydrogens is 344 g/mol. The fraction of sp³-hybridized carbons (Fsp3) is 0.300. The zero-order valence-electron chi connectivity index (χ0n) is 15.5. The number of para-hydroxylation sites is 2. The van der Waals surface area contributed by atoms with Gasteiger partial charge in [-0.25, -0.2) is 4.79 Å². The summed E-state index contributed by atoms with van der Waals surface area (Å²) in [6, 6.07) is 14.9. The summed E-state index contributed by atoms with van der Waals surface area (Å²) >= 11 is 0. The minimum absolute atomic E-state index is 0.332. The third kappa shape index (κ3) is 3.65. The van der Waals surface area contributed by atoms with E-state index in [2.05, 4.69) is 10.6 Å². The highest BCUT2D eigenvalue weighted by Gasteiger charge is 2.51. The largest absolute Gasteiger partial charge is 0.359 e.